The quantitative estimate of drug-likeness (QED) is 0.0852. The van der Waals surface area contributed by atoms with E-state index in [1.54, 1.807) is 26.0 Å². The zero-order valence-corrected chi connectivity index (χ0v) is 25.4. The molecule has 6 heteroatoms. The van der Waals surface area contributed by atoms with Gasteiger partial charge < -0.3 is 14.4 Å². The van der Waals surface area contributed by atoms with Crippen LogP contribution in [-0.2, 0) is 26.2 Å². The Labute approximate surface area is 258 Å². The van der Waals surface area contributed by atoms with E-state index in [4.69, 9.17) is 16.0 Å². The second-order valence-corrected chi connectivity index (χ2v) is 11.5. The zero-order valence-electron chi connectivity index (χ0n) is 25.4. The molecular formula is C38H34N2O4. The lowest BCUT2D eigenvalue weighted by Crippen LogP contribution is -2.17. The van der Waals surface area contributed by atoms with Crippen molar-refractivity contribution in [2.45, 2.75) is 39.5 Å². The van der Waals surface area contributed by atoms with Crippen LogP contribution in [0.1, 0.15) is 44.4 Å². The molecule has 1 aliphatic rings. The smallest absolute Gasteiger partial charge is 0.337 e. The molecule has 0 aliphatic heterocycles. The summed E-state index contributed by atoms with van der Waals surface area (Å²) in [4.78, 5) is 30.0. The van der Waals surface area contributed by atoms with Crippen LogP contribution in [0.15, 0.2) is 109 Å². The predicted octanol–water partition coefficient (Wildman–Crippen LogP) is 9.16. The molecule has 4 aromatic rings. The van der Waals surface area contributed by atoms with Crippen molar-refractivity contribution in [3.63, 3.8) is 0 Å². The minimum atomic E-state index is -0.595. The van der Waals surface area contributed by atoms with Crippen LogP contribution in [-0.4, -0.2) is 18.5 Å². The molecular weight excluding hydrogens is 548 g/mol. The summed E-state index contributed by atoms with van der Waals surface area (Å²) in [5, 5.41) is 0. The molecule has 0 fully saturated rings. The second-order valence-electron chi connectivity index (χ2n) is 11.5. The third-order valence-electron chi connectivity index (χ3n) is 7.84. The number of hydrogen-bond donors (Lipinski definition) is 0. The molecule has 220 valence electrons. The molecule has 5 rings (SSSR count). The number of benzene rings is 4. The Kier molecular flexibility index (Phi) is 8.24. The fraction of sp³-hybridized carbons (Fsp3) is 0.184. The zero-order chi connectivity index (χ0) is 31.6. The third-order valence-corrected chi connectivity index (χ3v) is 7.84. The van der Waals surface area contributed by atoms with Crippen LogP contribution in [0.3, 0.4) is 0 Å². The van der Waals surface area contributed by atoms with Crippen molar-refractivity contribution in [2.24, 2.45) is 0 Å². The van der Waals surface area contributed by atoms with Crippen LogP contribution in [0.4, 0.5) is 22.7 Å². The first-order valence-corrected chi connectivity index (χ1v) is 14.4. The molecule has 0 saturated heterocycles. The van der Waals surface area contributed by atoms with Crippen molar-refractivity contribution in [3.8, 4) is 16.9 Å². The molecule has 0 N–H and O–H groups in total. The van der Waals surface area contributed by atoms with Crippen LogP contribution in [0.5, 0.6) is 5.75 Å². The maximum Gasteiger partial charge on any atom is 0.337 e. The number of ether oxygens (including phenoxy) is 2. The maximum atomic E-state index is 12.5. The molecule has 0 aromatic heterocycles. The Bertz CT molecular complexity index is 1860. The molecule has 0 amide bonds. The lowest BCUT2D eigenvalue weighted by molar-refractivity contribution is -0.138. The average Bonchev–Trinajstić information content (AvgIpc) is 3.23. The number of nitrogens with zero attached hydrogens (tertiary/aromatic N) is 2. The highest BCUT2D eigenvalue weighted by Gasteiger charge is 2.35. The highest BCUT2D eigenvalue weighted by molar-refractivity contribution is 5.91. The van der Waals surface area contributed by atoms with Crippen molar-refractivity contribution < 1.29 is 19.1 Å². The number of carbonyl (C=O) groups is 2. The molecule has 0 unspecified atom stereocenters. The van der Waals surface area contributed by atoms with Gasteiger partial charge in [0.05, 0.1) is 13.2 Å². The van der Waals surface area contributed by atoms with Gasteiger partial charge in [-0.2, -0.15) is 0 Å². The fourth-order valence-electron chi connectivity index (χ4n) is 5.52. The molecule has 0 atom stereocenters. The predicted molar refractivity (Wildman–Crippen MR) is 175 cm³/mol. The van der Waals surface area contributed by atoms with Gasteiger partial charge in [0.2, 0.25) is 5.69 Å². The Hall–Kier alpha value is -5.41. The lowest BCUT2D eigenvalue weighted by atomic mass is 9.82. The normalized spacial score (nSPS) is 12.3. The molecule has 4 aromatic carbocycles. The molecule has 0 bridgehead atoms. The van der Waals surface area contributed by atoms with Gasteiger partial charge in [-0.1, -0.05) is 75.5 Å². The van der Waals surface area contributed by atoms with Crippen molar-refractivity contribution >= 4 is 34.7 Å². The van der Waals surface area contributed by atoms with Gasteiger partial charge in [-0.25, -0.2) is 14.4 Å². The van der Waals surface area contributed by atoms with E-state index in [2.05, 4.69) is 79.2 Å². The maximum absolute atomic E-state index is 12.5. The summed E-state index contributed by atoms with van der Waals surface area (Å²) < 4.78 is 10.9. The highest BCUT2D eigenvalue weighted by Crippen LogP contribution is 2.51. The molecule has 0 radical (unpaired) electrons. The van der Waals surface area contributed by atoms with E-state index >= 15 is 0 Å². The van der Waals surface area contributed by atoms with Crippen molar-refractivity contribution in [1.82, 2.24) is 0 Å². The SMILES string of the molecule is [C-]#[N+]c1ccc(N(c2cccc(CCOC(=O)C(=C)C)c2)c2ccc3c(c2)C(C)(C)c2ccccc2-3)cc1OC(=O)C(=C)C. The Balaban J connectivity index is 1.62. The van der Waals surface area contributed by atoms with Crippen LogP contribution in [0.2, 0.25) is 0 Å². The van der Waals surface area contributed by atoms with Crippen LogP contribution in [0.25, 0.3) is 16.0 Å². The molecule has 6 nitrogen and oxygen atoms in total. The van der Waals surface area contributed by atoms with E-state index in [-0.39, 0.29) is 29.0 Å². The number of hydrogen-bond acceptors (Lipinski definition) is 5. The van der Waals surface area contributed by atoms with Gasteiger partial charge in [0, 0.05) is 40.0 Å². The van der Waals surface area contributed by atoms with Gasteiger partial charge >= 0.3 is 11.9 Å². The number of carbonyl (C=O) groups excluding carboxylic acids is 2. The summed E-state index contributed by atoms with van der Waals surface area (Å²) in [7, 11) is 0. The second kappa shape index (κ2) is 12.1. The number of fused-ring (bicyclic) bond motifs is 3. The number of anilines is 3. The first-order chi connectivity index (χ1) is 21.0. The van der Waals surface area contributed by atoms with Crippen LogP contribution < -0.4 is 9.64 Å². The molecule has 0 heterocycles. The lowest BCUT2D eigenvalue weighted by Gasteiger charge is -2.29. The summed E-state index contributed by atoms with van der Waals surface area (Å²) in [6.45, 7) is 22.8. The molecule has 1 aliphatic carbocycles. The number of esters is 2. The van der Waals surface area contributed by atoms with Gasteiger partial charge in [-0.15, -0.1) is 0 Å². The summed E-state index contributed by atoms with van der Waals surface area (Å²) in [6.07, 6.45) is 0.519. The minimum absolute atomic E-state index is 0.159. The van der Waals surface area contributed by atoms with Crippen LogP contribution >= 0.6 is 0 Å². The monoisotopic (exact) mass is 582 g/mol. The van der Waals surface area contributed by atoms with E-state index < -0.39 is 11.9 Å². The average molecular weight is 583 g/mol. The largest absolute Gasteiger partial charge is 0.462 e. The highest BCUT2D eigenvalue weighted by atomic mass is 16.5. The van der Waals surface area contributed by atoms with E-state index in [1.165, 1.54) is 22.3 Å². The Morgan fingerprint density at radius 1 is 0.795 bits per heavy atom. The van der Waals surface area contributed by atoms with Crippen LogP contribution in [0, 0.1) is 6.57 Å². The van der Waals surface area contributed by atoms with Gasteiger partial charge in [0.1, 0.15) is 5.75 Å². The summed E-state index contributed by atoms with van der Waals surface area (Å²) in [5.74, 6) is -0.851. The fourth-order valence-corrected chi connectivity index (χ4v) is 5.52. The summed E-state index contributed by atoms with van der Waals surface area (Å²) >= 11 is 0. The van der Waals surface area contributed by atoms with Gasteiger partial charge in [-0.3, -0.25) is 0 Å². The van der Waals surface area contributed by atoms with Gasteiger partial charge in [-0.05, 0) is 78.1 Å². The minimum Gasteiger partial charge on any atom is -0.462 e. The Morgan fingerprint density at radius 3 is 2.18 bits per heavy atom. The van der Waals surface area contributed by atoms with Gasteiger partial charge in [0.15, 0.2) is 0 Å². The standard InChI is InChI=1S/C38H34N2O4/c1-24(2)36(41)43-20-19-26-11-10-12-27(21-26)40(29-16-18-34(39-7)35(23-29)44-37(42)25(3)4)28-15-17-31-30-13-8-9-14-32(30)38(5,6)33(31)22-28/h8-18,21-23H,1,3,19-20H2,2,4-6H3. The Morgan fingerprint density at radius 2 is 1.45 bits per heavy atom. The van der Waals surface area contributed by atoms with Crippen molar-refractivity contribution in [2.75, 3.05) is 11.5 Å². The van der Waals surface area contributed by atoms with Crippen molar-refractivity contribution in [1.29, 1.82) is 0 Å². The first kappa shape index (κ1) is 30.1. The van der Waals surface area contributed by atoms with Gasteiger partial charge in [0.25, 0.3) is 0 Å². The summed E-state index contributed by atoms with van der Waals surface area (Å²) in [5.41, 5.74) is 8.97. The van der Waals surface area contributed by atoms with E-state index in [0.29, 0.717) is 17.7 Å². The number of rotatable bonds is 9. The van der Waals surface area contributed by atoms with E-state index in [9.17, 15) is 9.59 Å². The molecule has 0 spiro atoms. The molecule has 44 heavy (non-hydrogen) atoms. The first-order valence-electron chi connectivity index (χ1n) is 14.4. The van der Waals surface area contributed by atoms with E-state index in [1.807, 2.05) is 30.3 Å². The molecule has 0 saturated carbocycles. The third kappa shape index (κ3) is 5.77. The summed E-state index contributed by atoms with van der Waals surface area (Å²) in [6, 6.07) is 28.1. The van der Waals surface area contributed by atoms with Crippen molar-refractivity contribution in [3.05, 3.63) is 137 Å². The topological polar surface area (TPSA) is 60.2 Å². The van der Waals surface area contributed by atoms with E-state index in [0.717, 1.165) is 16.9 Å².